The summed E-state index contributed by atoms with van der Waals surface area (Å²) in [5.74, 6) is 1.84. The molecule has 4 rings (SSSR count). The molecule has 3 aromatic heterocycles. The molecule has 3 heterocycles. The molecule has 0 fully saturated rings. The van der Waals surface area contributed by atoms with Gasteiger partial charge in [0.2, 0.25) is 5.91 Å². The molecule has 0 aliphatic carbocycles. The van der Waals surface area contributed by atoms with E-state index in [1.165, 1.54) is 11.8 Å². The Hall–Kier alpha value is -2.80. The molecule has 1 amide bonds. The maximum Gasteiger partial charge on any atom is 0.234 e. The maximum absolute atomic E-state index is 12.4. The predicted octanol–water partition coefficient (Wildman–Crippen LogP) is 4.39. The van der Waals surface area contributed by atoms with E-state index in [0.29, 0.717) is 5.03 Å². The molecular formula is C20H20N4O2S. The van der Waals surface area contributed by atoms with Crippen molar-refractivity contribution in [1.82, 2.24) is 14.6 Å². The van der Waals surface area contributed by atoms with E-state index in [0.717, 1.165) is 45.9 Å². The summed E-state index contributed by atoms with van der Waals surface area (Å²) in [4.78, 5) is 12.4. The molecule has 0 aliphatic rings. The van der Waals surface area contributed by atoms with Crippen LogP contribution in [0.5, 0.6) is 0 Å². The first kappa shape index (κ1) is 17.6. The lowest BCUT2D eigenvalue weighted by Gasteiger charge is -2.10. The Labute approximate surface area is 161 Å². The standard InChI is InChI=1S/C20H20N4O2S/c1-4-14-7-5-6-8-15(14)21-19(25)11-27-20-17-10-18-16(9-12(2)26-18)24(17)13(3)22-23-20/h5-10H,4,11H2,1-3H3,(H,21,25). The van der Waals surface area contributed by atoms with Crippen LogP contribution < -0.4 is 5.32 Å². The summed E-state index contributed by atoms with van der Waals surface area (Å²) in [5.41, 5.74) is 4.66. The largest absolute Gasteiger partial charge is 0.460 e. The summed E-state index contributed by atoms with van der Waals surface area (Å²) in [6.45, 7) is 5.90. The highest BCUT2D eigenvalue weighted by Gasteiger charge is 2.16. The Bertz CT molecular complexity index is 1150. The molecule has 138 valence electrons. The molecule has 27 heavy (non-hydrogen) atoms. The van der Waals surface area contributed by atoms with Crippen molar-refractivity contribution in [2.75, 3.05) is 11.1 Å². The van der Waals surface area contributed by atoms with Crippen LogP contribution >= 0.6 is 11.8 Å². The van der Waals surface area contributed by atoms with Crippen molar-refractivity contribution in [2.24, 2.45) is 0 Å². The van der Waals surface area contributed by atoms with Crippen molar-refractivity contribution >= 4 is 40.0 Å². The number of anilines is 1. The number of furan rings is 1. The van der Waals surface area contributed by atoms with Crippen LogP contribution in [0.2, 0.25) is 0 Å². The van der Waals surface area contributed by atoms with Crippen molar-refractivity contribution in [3.8, 4) is 0 Å². The van der Waals surface area contributed by atoms with Gasteiger partial charge in [0.15, 0.2) is 5.58 Å². The zero-order valence-electron chi connectivity index (χ0n) is 15.4. The van der Waals surface area contributed by atoms with Gasteiger partial charge in [-0.2, -0.15) is 0 Å². The second-order valence-corrected chi connectivity index (χ2v) is 7.34. The summed E-state index contributed by atoms with van der Waals surface area (Å²) in [7, 11) is 0. The normalized spacial score (nSPS) is 11.4. The summed E-state index contributed by atoms with van der Waals surface area (Å²) < 4.78 is 7.75. The number of nitrogens with one attached hydrogen (secondary N) is 1. The van der Waals surface area contributed by atoms with Crippen LogP contribution in [0.4, 0.5) is 5.69 Å². The van der Waals surface area contributed by atoms with Crippen molar-refractivity contribution in [2.45, 2.75) is 32.2 Å². The average Bonchev–Trinajstić information content (AvgIpc) is 3.18. The van der Waals surface area contributed by atoms with Crippen LogP contribution in [0.25, 0.3) is 16.6 Å². The molecule has 4 aromatic rings. The number of nitrogens with zero attached hydrogens (tertiary/aromatic N) is 3. The number of amides is 1. The Balaban J connectivity index is 1.56. The molecule has 0 atom stereocenters. The molecule has 0 aliphatic heterocycles. The Morgan fingerprint density at radius 1 is 1.19 bits per heavy atom. The Morgan fingerprint density at radius 3 is 2.81 bits per heavy atom. The van der Waals surface area contributed by atoms with Crippen molar-refractivity contribution in [3.05, 3.63) is 53.5 Å². The van der Waals surface area contributed by atoms with Crippen LogP contribution in [0.1, 0.15) is 24.1 Å². The zero-order chi connectivity index (χ0) is 19.0. The van der Waals surface area contributed by atoms with Crippen molar-refractivity contribution in [3.63, 3.8) is 0 Å². The molecule has 7 heteroatoms. The monoisotopic (exact) mass is 380 g/mol. The minimum absolute atomic E-state index is 0.0625. The van der Waals surface area contributed by atoms with E-state index in [2.05, 4.69) is 22.4 Å². The highest BCUT2D eigenvalue weighted by atomic mass is 32.2. The first-order valence-electron chi connectivity index (χ1n) is 8.82. The summed E-state index contributed by atoms with van der Waals surface area (Å²) in [6.07, 6.45) is 0.871. The van der Waals surface area contributed by atoms with Crippen LogP contribution in [0.15, 0.2) is 45.8 Å². The van der Waals surface area contributed by atoms with Crippen LogP contribution in [-0.2, 0) is 11.2 Å². The van der Waals surface area contributed by atoms with Gasteiger partial charge < -0.3 is 9.73 Å². The van der Waals surface area contributed by atoms with Gasteiger partial charge in [0.25, 0.3) is 0 Å². The summed E-state index contributed by atoms with van der Waals surface area (Å²) in [5, 5.41) is 12.2. The smallest absolute Gasteiger partial charge is 0.234 e. The van der Waals surface area contributed by atoms with Crippen molar-refractivity contribution in [1.29, 1.82) is 0 Å². The highest BCUT2D eigenvalue weighted by molar-refractivity contribution is 8.00. The SMILES string of the molecule is CCc1ccccc1NC(=O)CSc1nnc(C)n2c1cc1oc(C)cc12. The highest BCUT2D eigenvalue weighted by Crippen LogP contribution is 2.30. The van der Waals surface area contributed by atoms with E-state index >= 15 is 0 Å². The van der Waals surface area contributed by atoms with Gasteiger partial charge in [-0.25, -0.2) is 0 Å². The minimum atomic E-state index is -0.0625. The van der Waals surface area contributed by atoms with Gasteiger partial charge in [-0.1, -0.05) is 36.9 Å². The topological polar surface area (TPSA) is 72.4 Å². The fraction of sp³-hybridized carbons (Fsp3) is 0.250. The van der Waals surface area contributed by atoms with Gasteiger partial charge in [0.1, 0.15) is 16.6 Å². The predicted molar refractivity (Wildman–Crippen MR) is 107 cm³/mol. The summed E-state index contributed by atoms with van der Waals surface area (Å²) in [6, 6.07) is 11.8. The molecule has 6 nitrogen and oxygen atoms in total. The molecule has 0 saturated heterocycles. The Kier molecular flexibility index (Phi) is 4.61. The lowest BCUT2D eigenvalue weighted by Crippen LogP contribution is -2.15. The summed E-state index contributed by atoms with van der Waals surface area (Å²) >= 11 is 1.37. The minimum Gasteiger partial charge on any atom is -0.460 e. The number of thioether (sulfide) groups is 1. The number of fused-ring (bicyclic) bond motifs is 3. The van der Waals surface area contributed by atoms with Gasteiger partial charge in [-0.15, -0.1) is 10.2 Å². The number of para-hydroxylation sites is 1. The fourth-order valence-electron chi connectivity index (χ4n) is 3.21. The van der Waals surface area contributed by atoms with E-state index in [4.69, 9.17) is 4.42 Å². The molecule has 0 saturated carbocycles. The van der Waals surface area contributed by atoms with Crippen molar-refractivity contribution < 1.29 is 9.21 Å². The maximum atomic E-state index is 12.4. The lowest BCUT2D eigenvalue weighted by atomic mass is 10.1. The molecule has 0 spiro atoms. The lowest BCUT2D eigenvalue weighted by molar-refractivity contribution is -0.113. The fourth-order valence-corrected chi connectivity index (χ4v) is 3.95. The first-order chi connectivity index (χ1) is 13.1. The van der Waals surface area contributed by atoms with Crippen LogP contribution in [-0.4, -0.2) is 26.3 Å². The molecule has 0 bridgehead atoms. The number of carbonyl (C=O) groups excluding carboxylic acids is 1. The third-order valence-electron chi connectivity index (χ3n) is 4.45. The molecular weight excluding hydrogens is 360 g/mol. The third kappa shape index (κ3) is 3.30. The number of aryl methyl sites for hydroxylation is 3. The second-order valence-electron chi connectivity index (χ2n) is 6.37. The molecule has 1 N–H and O–H groups in total. The number of aromatic nitrogens is 3. The third-order valence-corrected chi connectivity index (χ3v) is 5.42. The van der Waals surface area contributed by atoms with E-state index in [-0.39, 0.29) is 11.7 Å². The number of hydrogen-bond donors (Lipinski definition) is 1. The quantitative estimate of drug-likeness (QED) is 0.520. The van der Waals surface area contributed by atoms with E-state index < -0.39 is 0 Å². The van der Waals surface area contributed by atoms with E-state index in [9.17, 15) is 4.79 Å². The van der Waals surface area contributed by atoms with Crippen LogP contribution in [0.3, 0.4) is 0 Å². The zero-order valence-corrected chi connectivity index (χ0v) is 16.3. The first-order valence-corrected chi connectivity index (χ1v) is 9.81. The number of rotatable bonds is 5. The second kappa shape index (κ2) is 7.08. The average molecular weight is 380 g/mol. The molecule has 0 radical (unpaired) electrons. The number of carbonyl (C=O) groups is 1. The number of hydrogen-bond acceptors (Lipinski definition) is 5. The number of benzene rings is 1. The van der Waals surface area contributed by atoms with E-state index in [1.807, 2.05) is 54.6 Å². The van der Waals surface area contributed by atoms with E-state index in [1.54, 1.807) is 0 Å². The molecule has 1 aromatic carbocycles. The van der Waals surface area contributed by atoms with Gasteiger partial charge in [0.05, 0.1) is 16.8 Å². The van der Waals surface area contributed by atoms with Gasteiger partial charge in [-0.05, 0) is 31.9 Å². The Morgan fingerprint density at radius 2 is 2.00 bits per heavy atom. The van der Waals surface area contributed by atoms with Gasteiger partial charge >= 0.3 is 0 Å². The van der Waals surface area contributed by atoms with Gasteiger partial charge in [-0.3, -0.25) is 9.20 Å². The van der Waals surface area contributed by atoms with Gasteiger partial charge in [0, 0.05) is 17.8 Å². The van der Waals surface area contributed by atoms with Crippen LogP contribution in [0, 0.1) is 13.8 Å². The molecule has 0 unspecified atom stereocenters.